The van der Waals surface area contributed by atoms with Crippen molar-refractivity contribution in [1.29, 1.82) is 0 Å². The first-order valence-electron chi connectivity index (χ1n) is 5.72. The Bertz CT molecular complexity index is 556. The van der Waals surface area contributed by atoms with Crippen LogP contribution in [0, 0.1) is 0 Å². The van der Waals surface area contributed by atoms with Crippen LogP contribution in [0.25, 0.3) is 0 Å². The van der Waals surface area contributed by atoms with Crippen molar-refractivity contribution in [2.75, 3.05) is 29.5 Å². The van der Waals surface area contributed by atoms with E-state index >= 15 is 0 Å². The Labute approximate surface area is 111 Å². The quantitative estimate of drug-likeness (QED) is 0.778. The summed E-state index contributed by atoms with van der Waals surface area (Å²) in [5.74, 6) is 0.332. The first kappa shape index (κ1) is 13.4. The maximum absolute atomic E-state index is 11.5. The fraction of sp³-hybridized carbons (Fsp3) is 0.417. The fourth-order valence-electron chi connectivity index (χ4n) is 2.10. The Morgan fingerprint density at radius 2 is 2.00 bits per heavy atom. The molecule has 1 aromatic carbocycles. The summed E-state index contributed by atoms with van der Waals surface area (Å²) in [7, 11) is -2.95. The van der Waals surface area contributed by atoms with E-state index in [-0.39, 0.29) is 11.5 Å². The average molecular weight is 288 g/mol. The number of hydrogen-bond acceptors (Lipinski definition) is 4. The Balaban J connectivity index is 2.32. The van der Waals surface area contributed by atoms with E-state index in [1.54, 1.807) is 18.2 Å². The molecule has 6 heteroatoms. The van der Waals surface area contributed by atoms with Crippen LogP contribution in [0.2, 0.25) is 5.02 Å². The molecule has 1 aliphatic heterocycles. The smallest absolute Gasteiger partial charge is 0.153 e. The highest BCUT2D eigenvalue weighted by Crippen LogP contribution is 2.26. The van der Waals surface area contributed by atoms with Crippen molar-refractivity contribution in [3.05, 3.63) is 28.8 Å². The summed E-state index contributed by atoms with van der Waals surface area (Å²) < 4.78 is 23.1. The summed E-state index contributed by atoms with van der Waals surface area (Å²) in [6.45, 7) is 1.03. The number of rotatable bonds is 2. The number of carbonyl (C=O) groups is 1. The van der Waals surface area contributed by atoms with E-state index in [1.807, 2.05) is 4.90 Å². The van der Waals surface area contributed by atoms with Crippen LogP contribution in [-0.2, 0) is 9.84 Å². The maximum atomic E-state index is 11.5. The van der Waals surface area contributed by atoms with Crippen LogP contribution < -0.4 is 4.90 Å². The Kier molecular flexibility index (Phi) is 3.92. The van der Waals surface area contributed by atoms with Gasteiger partial charge in [-0.15, -0.1) is 0 Å². The second-order valence-electron chi connectivity index (χ2n) is 4.28. The van der Waals surface area contributed by atoms with E-state index < -0.39 is 9.84 Å². The van der Waals surface area contributed by atoms with Crippen LogP contribution in [0.5, 0.6) is 0 Å². The molecule has 0 saturated carbocycles. The third-order valence-electron chi connectivity index (χ3n) is 3.04. The van der Waals surface area contributed by atoms with Gasteiger partial charge in [-0.25, -0.2) is 8.42 Å². The van der Waals surface area contributed by atoms with Crippen LogP contribution in [0.1, 0.15) is 16.8 Å². The number of halogens is 1. The molecule has 0 atom stereocenters. The van der Waals surface area contributed by atoms with Gasteiger partial charge in [0.15, 0.2) is 16.1 Å². The van der Waals surface area contributed by atoms with Crippen molar-refractivity contribution >= 4 is 33.4 Å². The minimum absolute atomic E-state index is 0.123. The Morgan fingerprint density at radius 3 is 2.72 bits per heavy atom. The molecule has 0 aliphatic carbocycles. The van der Waals surface area contributed by atoms with Crippen LogP contribution in [0.4, 0.5) is 5.69 Å². The van der Waals surface area contributed by atoms with Gasteiger partial charge in [0.1, 0.15) is 0 Å². The van der Waals surface area contributed by atoms with Gasteiger partial charge in [0.25, 0.3) is 0 Å². The number of anilines is 1. The van der Waals surface area contributed by atoms with Gasteiger partial charge >= 0.3 is 0 Å². The number of nitrogens with zero attached hydrogens (tertiary/aromatic N) is 1. The first-order valence-corrected chi connectivity index (χ1v) is 7.92. The zero-order valence-electron chi connectivity index (χ0n) is 9.80. The lowest BCUT2D eigenvalue weighted by molar-refractivity contribution is 0.112. The van der Waals surface area contributed by atoms with Crippen LogP contribution in [0.15, 0.2) is 18.2 Å². The molecule has 1 aliphatic rings. The molecule has 98 valence electrons. The highest BCUT2D eigenvalue weighted by Gasteiger charge is 2.21. The lowest BCUT2D eigenvalue weighted by atomic mass is 10.1. The number of hydrogen-bond donors (Lipinski definition) is 0. The van der Waals surface area contributed by atoms with E-state index in [1.165, 1.54) is 0 Å². The van der Waals surface area contributed by atoms with E-state index in [0.717, 1.165) is 12.0 Å². The molecule has 1 saturated heterocycles. The zero-order valence-corrected chi connectivity index (χ0v) is 11.4. The molecule has 4 nitrogen and oxygen atoms in total. The number of aldehydes is 1. The number of benzene rings is 1. The van der Waals surface area contributed by atoms with Gasteiger partial charge in [0.05, 0.1) is 22.1 Å². The van der Waals surface area contributed by atoms with Crippen molar-refractivity contribution in [2.24, 2.45) is 0 Å². The van der Waals surface area contributed by atoms with Gasteiger partial charge < -0.3 is 4.90 Å². The molecule has 1 aromatic rings. The Hall–Kier alpha value is -1.07. The molecule has 0 N–H and O–H groups in total. The summed E-state index contributed by atoms with van der Waals surface area (Å²) in [6.07, 6.45) is 1.30. The molecule has 0 radical (unpaired) electrons. The van der Waals surface area contributed by atoms with Crippen LogP contribution >= 0.6 is 11.6 Å². The molecular formula is C12H14ClNO3S. The predicted octanol–water partition coefficient (Wildman–Crippen LogP) is 1.78. The van der Waals surface area contributed by atoms with Crippen molar-refractivity contribution in [1.82, 2.24) is 0 Å². The largest absolute Gasteiger partial charge is 0.370 e. The van der Waals surface area contributed by atoms with Crippen molar-refractivity contribution in [2.45, 2.75) is 6.42 Å². The molecule has 0 bridgehead atoms. The van der Waals surface area contributed by atoms with Gasteiger partial charge in [0.2, 0.25) is 0 Å². The summed E-state index contributed by atoms with van der Waals surface area (Å²) >= 11 is 5.97. The summed E-state index contributed by atoms with van der Waals surface area (Å²) in [4.78, 5) is 13.0. The topological polar surface area (TPSA) is 54.5 Å². The average Bonchev–Trinajstić information content (AvgIpc) is 2.50. The van der Waals surface area contributed by atoms with E-state index in [2.05, 4.69) is 0 Å². The maximum Gasteiger partial charge on any atom is 0.153 e. The van der Waals surface area contributed by atoms with Crippen molar-refractivity contribution < 1.29 is 13.2 Å². The minimum Gasteiger partial charge on any atom is -0.370 e. The van der Waals surface area contributed by atoms with E-state index in [4.69, 9.17) is 11.6 Å². The normalized spacial score (nSPS) is 19.3. The molecule has 18 heavy (non-hydrogen) atoms. The highest BCUT2D eigenvalue weighted by molar-refractivity contribution is 7.91. The molecule has 2 rings (SSSR count). The SMILES string of the molecule is O=Cc1c(Cl)cccc1N1CCCS(=O)(=O)CC1. The molecular weight excluding hydrogens is 274 g/mol. The Morgan fingerprint density at radius 1 is 1.22 bits per heavy atom. The third-order valence-corrected chi connectivity index (χ3v) is 5.09. The molecule has 1 heterocycles. The van der Waals surface area contributed by atoms with Crippen LogP contribution in [0.3, 0.4) is 0 Å². The fourth-order valence-corrected chi connectivity index (χ4v) is 3.58. The monoisotopic (exact) mass is 287 g/mol. The van der Waals surface area contributed by atoms with Crippen molar-refractivity contribution in [3.63, 3.8) is 0 Å². The molecule has 0 amide bonds. The molecule has 1 fully saturated rings. The summed E-state index contributed by atoms with van der Waals surface area (Å²) in [6, 6.07) is 5.22. The summed E-state index contributed by atoms with van der Waals surface area (Å²) in [5.41, 5.74) is 1.15. The van der Waals surface area contributed by atoms with E-state index in [0.29, 0.717) is 30.1 Å². The second kappa shape index (κ2) is 5.28. The zero-order chi connectivity index (χ0) is 13.2. The van der Waals surface area contributed by atoms with Gasteiger partial charge in [-0.1, -0.05) is 17.7 Å². The van der Waals surface area contributed by atoms with Gasteiger partial charge in [-0.3, -0.25) is 4.79 Å². The number of carbonyl (C=O) groups excluding carboxylic acids is 1. The molecule has 0 aromatic heterocycles. The number of sulfone groups is 1. The minimum atomic E-state index is -2.95. The van der Waals surface area contributed by atoms with Crippen LogP contribution in [-0.4, -0.2) is 39.3 Å². The first-order chi connectivity index (χ1) is 8.53. The third kappa shape index (κ3) is 2.84. The predicted molar refractivity (Wildman–Crippen MR) is 72.3 cm³/mol. The second-order valence-corrected chi connectivity index (χ2v) is 6.99. The standard InChI is InChI=1S/C12H14ClNO3S/c13-11-3-1-4-12(10(11)9-15)14-5-2-7-18(16,17)8-6-14/h1,3-4,9H,2,5-8H2. The summed E-state index contributed by atoms with van der Waals surface area (Å²) in [5, 5.41) is 0.398. The molecule has 0 spiro atoms. The van der Waals surface area contributed by atoms with Gasteiger partial charge in [0, 0.05) is 18.8 Å². The van der Waals surface area contributed by atoms with E-state index in [9.17, 15) is 13.2 Å². The lowest BCUT2D eigenvalue weighted by Crippen LogP contribution is -2.27. The lowest BCUT2D eigenvalue weighted by Gasteiger charge is -2.23. The van der Waals surface area contributed by atoms with Crippen molar-refractivity contribution in [3.8, 4) is 0 Å². The van der Waals surface area contributed by atoms with Gasteiger partial charge in [-0.2, -0.15) is 0 Å². The highest BCUT2D eigenvalue weighted by atomic mass is 35.5. The van der Waals surface area contributed by atoms with Gasteiger partial charge in [-0.05, 0) is 18.6 Å². The molecule has 0 unspecified atom stereocenters.